The Balaban J connectivity index is 3.30. The third kappa shape index (κ3) is 7.10. The highest BCUT2D eigenvalue weighted by atomic mass is 16.1. The zero-order chi connectivity index (χ0) is 8.69. The van der Waals surface area contributed by atoms with Crippen molar-refractivity contribution in [3.63, 3.8) is 0 Å². The first-order valence-electron chi connectivity index (χ1n) is 4.04. The number of hydrogen-bond acceptors (Lipinski definition) is 1. The van der Waals surface area contributed by atoms with Crippen molar-refractivity contribution in [2.24, 2.45) is 5.92 Å². The minimum Gasteiger partial charge on any atom is -0.356 e. The van der Waals surface area contributed by atoms with Crippen molar-refractivity contribution in [3.8, 4) is 0 Å². The molecule has 0 rings (SSSR count). The number of carbonyl (C=O) groups excluding carboxylic acids is 1. The van der Waals surface area contributed by atoms with E-state index in [4.69, 9.17) is 0 Å². The van der Waals surface area contributed by atoms with Gasteiger partial charge in [-0.15, -0.1) is 6.58 Å². The van der Waals surface area contributed by atoms with Gasteiger partial charge in [-0.1, -0.05) is 19.9 Å². The molecule has 0 bridgehead atoms. The summed E-state index contributed by atoms with van der Waals surface area (Å²) in [4.78, 5) is 11.0. The molecule has 64 valence electrons. The second-order valence-electron chi connectivity index (χ2n) is 3.03. The standard InChI is InChI=1S/C9H17NO/c1-4-5-6-10-9(11)7-8(2)3/h4,8H,1,5-7H2,2-3H3,(H,10,11). The summed E-state index contributed by atoms with van der Waals surface area (Å²) >= 11 is 0. The molecule has 0 aliphatic carbocycles. The molecule has 0 radical (unpaired) electrons. The monoisotopic (exact) mass is 155 g/mol. The van der Waals surface area contributed by atoms with Crippen LogP contribution in [0.25, 0.3) is 0 Å². The fourth-order valence-corrected chi connectivity index (χ4v) is 0.757. The minimum absolute atomic E-state index is 0.141. The summed E-state index contributed by atoms with van der Waals surface area (Å²) in [6.07, 6.45) is 3.27. The number of nitrogens with one attached hydrogen (secondary N) is 1. The van der Waals surface area contributed by atoms with E-state index in [1.807, 2.05) is 13.8 Å². The van der Waals surface area contributed by atoms with Gasteiger partial charge in [-0.05, 0) is 12.3 Å². The smallest absolute Gasteiger partial charge is 0.220 e. The Labute approximate surface area is 68.7 Å². The predicted octanol–water partition coefficient (Wildman–Crippen LogP) is 1.72. The van der Waals surface area contributed by atoms with Crippen LogP contribution >= 0.6 is 0 Å². The molecule has 1 amide bonds. The molecule has 0 aromatic carbocycles. The van der Waals surface area contributed by atoms with Gasteiger partial charge in [-0.25, -0.2) is 0 Å². The van der Waals surface area contributed by atoms with Crippen LogP contribution in [0.5, 0.6) is 0 Å². The largest absolute Gasteiger partial charge is 0.356 e. The quantitative estimate of drug-likeness (QED) is 0.475. The highest BCUT2D eigenvalue weighted by molar-refractivity contribution is 5.75. The van der Waals surface area contributed by atoms with Gasteiger partial charge in [0.1, 0.15) is 0 Å². The Hall–Kier alpha value is -0.790. The van der Waals surface area contributed by atoms with E-state index in [9.17, 15) is 4.79 Å². The highest BCUT2D eigenvalue weighted by Gasteiger charge is 2.01. The predicted molar refractivity (Wildman–Crippen MR) is 47.3 cm³/mol. The summed E-state index contributed by atoms with van der Waals surface area (Å²) < 4.78 is 0. The molecular weight excluding hydrogens is 138 g/mol. The van der Waals surface area contributed by atoms with Gasteiger partial charge in [0.25, 0.3) is 0 Å². The van der Waals surface area contributed by atoms with E-state index >= 15 is 0 Å². The lowest BCUT2D eigenvalue weighted by atomic mass is 10.1. The van der Waals surface area contributed by atoms with Crippen LogP contribution in [0.2, 0.25) is 0 Å². The Bertz CT molecular complexity index is 130. The van der Waals surface area contributed by atoms with Gasteiger partial charge in [0.05, 0.1) is 0 Å². The van der Waals surface area contributed by atoms with Gasteiger partial charge in [0.15, 0.2) is 0 Å². The van der Waals surface area contributed by atoms with Crippen molar-refractivity contribution in [3.05, 3.63) is 12.7 Å². The second-order valence-corrected chi connectivity index (χ2v) is 3.03. The van der Waals surface area contributed by atoms with Gasteiger partial charge in [-0.3, -0.25) is 4.79 Å². The van der Waals surface area contributed by atoms with Crippen molar-refractivity contribution in [1.82, 2.24) is 5.32 Å². The van der Waals surface area contributed by atoms with Crippen LogP contribution in [0.15, 0.2) is 12.7 Å². The van der Waals surface area contributed by atoms with Crippen molar-refractivity contribution in [1.29, 1.82) is 0 Å². The van der Waals surface area contributed by atoms with E-state index in [-0.39, 0.29) is 5.91 Å². The Morgan fingerprint density at radius 1 is 1.64 bits per heavy atom. The molecule has 11 heavy (non-hydrogen) atoms. The molecule has 0 saturated carbocycles. The maximum atomic E-state index is 11.0. The lowest BCUT2D eigenvalue weighted by molar-refractivity contribution is -0.121. The van der Waals surface area contributed by atoms with Crippen LogP contribution in [-0.2, 0) is 4.79 Å². The first-order chi connectivity index (χ1) is 5.16. The minimum atomic E-state index is 0.141. The summed E-state index contributed by atoms with van der Waals surface area (Å²) in [6.45, 7) is 8.35. The van der Waals surface area contributed by atoms with Crippen molar-refractivity contribution >= 4 is 5.91 Å². The highest BCUT2D eigenvalue weighted by Crippen LogP contribution is 1.97. The summed E-state index contributed by atoms with van der Waals surface area (Å²) in [6, 6.07) is 0. The molecule has 0 aliphatic heterocycles. The number of carbonyl (C=O) groups is 1. The summed E-state index contributed by atoms with van der Waals surface area (Å²) in [5.41, 5.74) is 0. The van der Waals surface area contributed by atoms with Gasteiger partial charge in [0, 0.05) is 13.0 Å². The third-order valence-electron chi connectivity index (χ3n) is 1.26. The van der Waals surface area contributed by atoms with E-state index in [1.54, 1.807) is 6.08 Å². The topological polar surface area (TPSA) is 29.1 Å². The van der Waals surface area contributed by atoms with Gasteiger partial charge < -0.3 is 5.32 Å². The zero-order valence-electron chi connectivity index (χ0n) is 7.39. The lowest BCUT2D eigenvalue weighted by Gasteiger charge is -2.04. The van der Waals surface area contributed by atoms with E-state index in [0.717, 1.165) is 13.0 Å². The average Bonchev–Trinajstić information content (AvgIpc) is 1.86. The summed E-state index contributed by atoms with van der Waals surface area (Å²) in [5, 5.41) is 2.80. The molecular formula is C9H17NO. The fraction of sp³-hybridized carbons (Fsp3) is 0.667. The normalized spacial score (nSPS) is 9.73. The molecule has 2 nitrogen and oxygen atoms in total. The van der Waals surface area contributed by atoms with Crippen molar-refractivity contribution < 1.29 is 4.79 Å². The zero-order valence-corrected chi connectivity index (χ0v) is 7.39. The Kier molecular flexibility index (Phi) is 5.53. The van der Waals surface area contributed by atoms with E-state index in [1.165, 1.54) is 0 Å². The molecule has 0 aromatic rings. The SMILES string of the molecule is C=CCCNC(=O)CC(C)C. The van der Waals surface area contributed by atoms with Crippen LogP contribution in [-0.4, -0.2) is 12.5 Å². The number of hydrogen-bond donors (Lipinski definition) is 1. The van der Waals surface area contributed by atoms with Crippen LogP contribution in [0.3, 0.4) is 0 Å². The van der Waals surface area contributed by atoms with Gasteiger partial charge >= 0.3 is 0 Å². The van der Waals surface area contributed by atoms with Crippen molar-refractivity contribution in [2.75, 3.05) is 6.54 Å². The van der Waals surface area contributed by atoms with Gasteiger partial charge in [-0.2, -0.15) is 0 Å². The van der Waals surface area contributed by atoms with E-state index in [2.05, 4.69) is 11.9 Å². The molecule has 0 spiro atoms. The Morgan fingerprint density at radius 2 is 2.27 bits per heavy atom. The average molecular weight is 155 g/mol. The third-order valence-corrected chi connectivity index (χ3v) is 1.26. The first-order valence-corrected chi connectivity index (χ1v) is 4.04. The maximum absolute atomic E-state index is 11.0. The second kappa shape index (κ2) is 5.96. The van der Waals surface area contributed by atoms with Crippen LogP contribution in [0.1, 0.15) is 26.7 Å². The molecule has 1 N–H and O–H groups in total. The molecule has 2 heteroatoms. The van der Waals surface area contributed by atoms with E-state index in [0.29, 0.717) is 12.3 Å². The molecule has 0 aromatic heterocycles. The van der Waals surface area contributed by atoms with E-state index < -0.39 is 0 Å². The summed E-state index contributed by atoms with van der Waals surface area (Å²) in [7, 11) is 0. The van der Waals surface area contributed by atoms with Crippen LogP contribution in [0, 0.1) is 5.92 Å². The number of rotatable bonds is 5. The lowest BCUT2D eigenvalue weighted by Crippen LogP contribution is -2.25. The molecule has 0 atom stereocenters. The molecule has 0 fully saturated rings. The first kappa shape index (κ1) is 10.2. The maximum Gasteiger partial charge on any atom is 0.220 e. The summed E-state index contributed by atoms with van der Waals surface area (Å²) in [5.74, 6) is 0.584. The van der Waals surface area contributed by atoms with Gasteiger partial charge in [0.2, 0.25) is 5.91 Å². The molecule has 0 aliphatic rings. The van der Waals surface area contributed by atoms with Crippen LogP contribution in [0.4, 0.5) is 0 Å². The molecule has 0 heterocycles. The molecule has 0 unspecified atom stereocenters. The number of amides is 1. The Morgan fingerprint density at radius 3 is 2.73 bits per heavy atom. The fourth-order valence-electron chi connectivity index (χ4n) is 0.757. The van der Waals surface area contributed by atoms with Crippen LogP contribution < -0.4 is 5.32 Å². The molecule has 0 saturated heterocycles. The van der Waals surface area contributed by atoms with Crippen molar-refractivity contribution in [2.45, 2.75) is 26.7 Å².